The first-order valence-electron chi connectivity index (χ1n) is 12.2. The number of likely N-dealkylation sites (tertiary alicyclic amines) is 1. The van der Waals surface area contributed by atoms with Gasteiger partial charge in [-0.2, -0.15) is 0 Å². The van der Waals surface area contributed by atoms with Crippen LogP contribution < -0.4 is 0 Å². The van der Waals surface area contributed by atoms with E-state index in [1.54, 1.807) is 0 Å². The molecule has 2 aliphatic carbocycles. The zero-order valence-electron chi connectivity index (χ0n) is 18.9. The van der Waals surface area contributed by atoms with Crippen molar-refractivity contribution < 1.29 is 4.79 Å². The van der Waals surface area contributed by atoms with E-state index < -0.39 is 0 Å². The summed E-state index contributed by atoms with van der Waals surface area (Å²) in [5.74, 6) is 1.49. The van der Waals surface area contributed by atoms with E-state index in [1.165, 1.54) is 51.7 Å². The van der Waals surface area contributed by atoms with Gasteiger partial charge in [0, 0.05) is 40.1 Å². The Morgan fingerprint density at radius 3 is 2.44 bits per heavy atom. The first-order chi connectivity index (χ1) is 15.5. The van der Waals surface area contributed by atoms with Gasteiger partial charge in [-0.05, 0) is 102 Å². The van der Waals surface area contributed by atoms with Gasteiger partial charge >= 0.3 is 0 Å². The van der Waals surface area contributed by atoms with Gasteiger partial charge in [0.1, 0.15) is 0 Å². The lowest BCUT2D eigenvalue weighted by molar-refractivity contribution is -0.138. The van der Waals surface area contributed by atoms with E-state index in [2.05, 4.69) is 61.9 Å². The molecule has 0 bridgehead atoms. The number of rotatable bonds is 2. The average molecular weight is 560 g/mol. The van der Waals surface area contributed by atoms with E-state index >= 15 is 0 Å². The number of aromatic nitrogens is 1. The van der Waals surface area contributed by atoms with Gasteiger partial charge in [0.05, 0.1) is 5.69 Å². The molecular formula is C27H32Br2N2O. The van der Waals surface area contributed by atoms with E-state index in [0.29, 0.717) is 11.8 Å². The number of benzene rings is 1. The lowest BCUT2D eigenvalue weighted by Gasteiger charge is -2.38. The summed E-state index contributed by atoms with van der Waals surface area (Å²) in [5.41, 5.74) is 6.81. The summed E-state index contributed by atoms with van der Waals surface area (Å²) in [4.78, 5) is 20.3. The Morgan fingerprint density at radius 1 is 0.969 bits per heavy atom. The Balaban J connectivity index is 1.44. The second-order valence-electron chi connectivity index (χ2n) is 9.99. The van der Waals surface area contributed by atoms with Crippen molar-refractivity contribution in [3.05, 3.63) is 61.3 Å². The van der Waals surface area contributed by atoms with Gasteiger partial charge in [0.2, 0.25) is 5.91 Å². The molecule has 1 amide bonds. The molecule has 3 nitrogen and oxygen atoms in total. The van der Waals surface area contributed by atoms with Gasteiger partial charge in [-0.15, -0.1) is 0 Å². The first-order valence-corrected chi connectivity index (χ1v) is 13.8. The number of hydrogen-bond acceptors (Lipinski definition) is 2. The largest absolute Gasteiger partial charge is 0.342 e. The van der Waals surface area contributed by atoms with Crippen LogP contribution in [0.5, 0.6) is 0 Å². The SMILES string of the molecule is Cc1cc(Br)c2c(c1)CCc1cc(Br)cnc1C2C1CCN(C(=O)C2CCCCC2)CC1. The number of aryl methyl sites for hydroxylation is 3. The van der Waals surface area contributed by atoms with Crippen LogP contribution in [0, 0.1) is 18.8 Å². The minimum Gasteiger partial charge on any atom is -0.342 e. The second-order valence-corrected chi connectivity index (χ2v) is 11.8. The van der Waals surface area contributed by atoms with Crippen LogP contribution in [0.4, 0.5) is 0 Å². The Kier molecular flexibility index (Phi) is 6.76. The summed E-state index contributed by atoms with van der Waals surface area (Å²) in [7, 11) is 0. The van der Waals surface area contributed by atoms with Crippen molar-refractivity contribution in [3.63, 3.8) is 0 Å². The summed E-state index contributed by atoms with van der Waals surface area (Å²) in [6.07, 6.45) is 12.1. The highest BCUT2D eigenvalue weighted by Crippen LogP contribution is 2.46. The van der Waals surface area contributed by atoms with Gasteiger partial charge in [0.25, 0.3) is 0 Å². The topological polar surface area (TPSA) is 33.2 Å². The van der Waals surface area contributed by atoms with Crippen LogP contribution >= 0.6 is 31.9 Å². The Bertz CT molecular complexity index is 1010. The van der Waals surface area contributed by atoms with Crippen LogP contribution in [-0.2, 0) is 17.6 Å². The van der Waals surface area contributed by atoms with Crippen LogP contribution in [-0.4, -0.2) is 28.9 Å². The van der Waals surface area contributed by atoms with E-state index in [-0.39, 0.29) is 11.8 Å². The third-order valence-corrected chi connectivity index (χ3v) is 8.96. The van der Waals surface area contributed by atoms with Crippen molar-refractivity contribution in [1.82, 2.24) is 9.88 Å². The number of amides is 1. The smallest absolute Gasteiger partial charge is 0.225 e. The maximum Gasteiger partial charge on any atom is 0.225 e. The molecule has 5 rings (SSSR count). The third kappa shape index (κ3) is 4.44. The molecule has 1 aromatic heterocycles. The number of carbonyl (C=O) groups is 1. The summed E-state index contributed by atoms with van der Waals surface area (Å²) in [5, 5.41) is 0. The number of halogens is 2. The summed E-state index contributed by atoms with van der Waals surface area (Å²) in [6.45, 7) is 3.96. The fourth-order valence-electron chi connectivity index (χ4n) is 6.28. The highest BCUT2D eigenvalue weighted by Gasteiger charge is 2.37. The molecule has 170 valence electrons. The number of pyridine rings is 1. The fourth-order valence-corrected chi connectivity index (χ4v) is 7.52. The summed E-state index contributed by atoms with van der Waals surface area (Å²) < 4.78 is 2.28. The van der Waals surface area contributed by atoms with Crippen molar-refractivity contribution in [3.8, 4) is 0 Å². The zero-order valence-corrected chi connectivity index (χ0v) is 22.1. The molecule has 2 aromatic rings. The third-order valence-electron chi connectivity index (χ3n) is 7.87. The molecule has 0 spiro atoms. The molecule has 3 aliphatic rings. The maximum atomic E-state index is 13.1. The predicted octanol–water partition coefficient (Wildman–Crippen LogP) is 6.96. The van der Waals surface area contributed by atoms with Crippen LogP contribution in [0.2, 0.25) is 0 Å². The van der Waals surface area contributed by atoms with Gasteiger partial charge in [-0.1, -0.05) is 41.3 Å². The summed E-state index contributed by atoms with van der Waals surface area (Å²) in [6, 6.07) is 6.90. The number of hydrogen-bond donors (Lipinski definition) is 0. The normalized spacial score (nSPS) is 22.2. The van der Waals surface area contributed by atoms with E-state index in [1.807, 2.05) is 6.20 Å². The lowest BCUT2D eigenvalue weighted by atomic mass is 9.76. The Hall–Kier alpha value is -1.20. The molecule has 2 heterocycles. The molecule has 1 unspecified atom stereocenters. The number of nitrogens with zero attached hydrogens (tertiary/aromatic N) is 2. The molecule has 1 aromatic carbocycles. The molecule has 1 saturated carbocycles. The van der Waals surface area contributed by atoms with Gasteiger partial charge < -0.3 is 4.90 Å². The zero-order chi connectivity index (χ0) is 22.2. The first kappa shape index (κ1) is 22.6. The van der Waals surface area contributed by atoms with Crippen molar-refractivity contribution in [1.29, 1.82) is 0 Å². The quantitative estimate of drug-likeness (QED) is 0.398. The molecule has 0 N–H and O–H groups in total. The van der Waals surface area contributed by atoms with E-state index in [9.17, 15) is 4.79 Å². The highest BCUT2D eigenvalue weighted by atomic mass is 79.9. The molecule has 0 radical (unpaired) electrons. The van der Waals surface area contributed by atoms with Crippen LogP contribution in [0.1, 0.15) is 78.8 Å². The molecule has 32 heavy (non-hydrogen) atoms. The fraction of sp³-hybridized carbons (Fsp3) is 0.556. The van der Waals surface area contributed by atoms with Gasteiger partial charge in [0.15, 0.2) is 0 Å². The van der Waals surface area contributed by atoms with Crippen LogP contribution in [0.25, 0.3) is 0 Å². The van der Waals surface area contributed by atoms with Crippen LogP contribution in [0.3, 0.4) is 0 Å². The molecule has 5 heteroatoms. The van der Waals surface area contributed by atoms with Gasteiger partial charge in [-0.25, -0.2) is 0 Å². The summed E-state index contributed by atoms with van der Waals surface area (Å²) >= 11 is 7.57. The molecule has 2 fully saturated rings. The molecule has 1 saturated heterocycles. The predicted molar refractivity (Wildman–Crippen MR) is 136 cm³/mol. The molecule has 1 atom stereocenters. The van der Waals surface area contributed by atoms with Gasteiger partial charge in [-0.3, -0.25) is 9.78 Å². The molecular weight excluding hydrogens is 528 g/mol. The molecule has 1 aliphatic heterocycles. The Labute approximate surface area is 208 Å². The van der Waals surface area contributed by atoms with Crippen molar-refractivity contribution in [2.75, 3.05) is 13.1 Å². The monoisotopic (exact) mass is 558 g/mol. The van der Waals surface area contributed by atoms with Crippen molar-refractivity contribution in [2.24, 2.45) is 11.8 Å². The second kappa shape index (κ2) is 9.58. The van der Waals surface area contributed by atoms with Crippen LogP contribution in [0.15, 0.2) is 33.3 Å². The van der Waals surface area contributed by atoms with Crippen molar-refractivity contribution in [2.45, 2.75) is 70.6 Å². The average Bonchev–Trinajstić information content (AvgIpc) is 2.96. The number of piperidine rings is 1. The lowest BCUT2D eigenvalue weighted by Crippen LogP contribution is -2.43. The minimum atomic E-state index is 0.274. The Morgan fingerprint density at radius 2 is 1.69 bits per heavy atom. The van der Waals surface area contributed by atoms with E-state index in [4.69, 9.17) is 4.98 Å². The van der Waals surface area contributed by atoms with Crippen molar-refractivity contribution >= 4 is 37.8 Å². The number of carbonyl (C=O) groups excluding carboxylic acids is 1. The highest BCUT2D eigenvalue weighted by molar-refractivity contribution is 9.10. The number of fused-ring (bicyclic) bond motifs is 2. The standard InChI is InChI=1S/C27H32Br2N2O/c1-17-13-20-7-8-21-15-22(28)16-30-26(21)25(24(20)23(29)14-17)18-9-11-31(12-10-18)27(32)19-5-3-2-4-6-19/h13-16,18-19,25H,2-12H2,1H3. The minimum absolute atomic E-state index is 0.274. The van der Waals surface area contributed by atoms with E-state index in [0.717, 1.165) is 56.1 Å². The maximum absolute atomic E-state index is 13.1.